The monoisotopic (exact) mass is 508 g/mol. The van der Waals surface area contributed by atoms with Crippen molar-refractivity contribution in [3.63, 3.8) is 0 Å². The smallest absolute Gasteiger partial charge is 0.227 e. The number of halogens is 1. The molecule has 28 heavy (non-hydrogen) atoms. The van der Waals surface area contributed by atoms with Gasteiger partial charge in [0.1, 0.15) is 0 Å². The van der Waals surface area contributed by atoms with Crippen molar-refractivity contribution in [2.75, 3.05) is 41.5 Å². The third-order valence-corrected chi connectivity index (χ3v) is 4.06. The van der Waals surface area contributed by atoms with E-state index in [0.29, 0.717) is 42.8 Å². The molecule has 9 heteroatoms. The van der Waals surface area contributed by atoms with Gasteiger partial charge in [0.2, 0.25) is 11.7 Å². The number of rotatable bonds is 9. The molecule has 0 atom stereocenters. The minimum Gasteiger partial charge on any atom is -0.493 e. The summed E-state index contributed by atoms with van der Waals surface area (Å²) in [6.45, 7) is 7.23. The Morgan fingerprint density at radius 1 is 1.04 bits per heavy atom. The highest BCUT2D eigenvalue weighted by molar-refractivity contribution is 14.0. The number of hydrogen-bond donors (Lipinski definition) is 3. The Balaban J connectivity index is 0.00000729. The molecule has 3 N–H and O–H groups in total. The van der Waals surface area contributed by atoms with Gasteiger partial charge in [0, 0.05) is 26.7 Å². The molecule has 1 aromatic rings. The fraction of sp³-hybridized carbons (Fsp3) is 0.579. The van der Waals surface area contributed by atoms with Gasteiger partial charge < -0.3 is 30.2 Å². The van der Waals surface area contributed by atoms with E-state index in [9.17, 15) is 4.79 Å². The number of amides is 1. The Kier molecular flexibility index (Phi) is 11.7. The number of ether oxygens (including phenoxy) is 3. The summed E-state index contributed by atoms with van der Waals surface area (Å²) in [4.78, 5) is 16.3. The molecule has 0 aromatic heterocycles. The van der Waals surface area contributed by atoms with Gasteiger partial charge in [0.25, 0.3) is 0 Å². The number of nitrogens with one attached hydrogen (secondary N) is 3. The van der Waals surface area contributed by atoms with Gasteiger partial charge in [0.15, 0.2) is 17.5 Å². The first-order valence-corrected chi connectivity index (χ1v) is 8.84. The predicted octanol–water partition coefficient (Wildman–Crippen LogP) is 2.16. The summed E-state index contributed by atoms with van der Waals surface area (Å²) in [5.74, 6) is 2.33. The maximum atomic E-state index is 12.1. The fourth-order valence-corrected chi connectivity index (χ4v) is 2.43. The molecule has 0 unspecified atom stereocenters. The quantitative estimate of drug-likeness (QED) is 0.269. The zero-order valence-electron chi connectivity index (χ0n) is 17.8. The molecular weight excluding hydrogens is 475 g/mol. The number of benzene rings is 1. The molecule has 8 nitrogen and oxygen atoms in total. The van der Waals surface area contributed by atoms with Crippen LogP contribution in [0.2, 0.25) is 0 Å². The first-order valence-electron chi connectivity index (χ1n) is 8.84. The van der Waals surface area contributed by atoms with Gasteiger partial charge in [-0.2, -0.15) is 0 Å². The van der Waals surface area contributed by atoms with Crippen molar-refractivity contribution < 1.29 is 19.0 Å². The molecule has 1 amide bonds. The highest BCUT2D eigenvalue weighted by Crippen LogP contribution is 2.38. The van der Waals surface area contributed by atoms with Crippen LogP contribution in [0.15, 0.2) is 17.1 Å². The van der Waals surface area contributed by atoms with Gasteiger partial charge in [0.05, 0.1) is 26.7 Å². The van der Waals surface area contributed by atoms with Crippen LogP contribution in [0.1, 0.15) is 26.3 Å². The average Bonchev–Trinajstić information content (AvgIpc) is 2.67. The maximum absolute atomic E-state index is 12.1. The normalized spacial score (nSPS) is 11.2. The zero-order chi connectivity index (χ0) is 20.4. The lowest BCUT2D eigenvalue weighted by molar-refractivity contribution is -0.128. The van der Waals surface area contributed by atoms with Gasteiger partial charge in [-0.1, -0.05) is 0 Å². The number of carbonyl (C=O) groups excluding carboxylic acids is 1. The number of nitrogens with zero attached hydrogens (tertiary/aromatic N) is 1. The third-order valence-electron chi connectivity index (χ3n) is 4.06. The van der Waals surface area contributed by atoms with E-state index in [2.05, 4.69) is 20.9 Å². The largest absolute Gasteiger partial charge is 0.493 e. The van der Waals surface area contributed by atoms with Crippen molar-refractivity contribution in [2.24, 2.45) is 10.4 Å². The Morgan fingerprint density at radius 3 is 2.04 bits per heavy atom. The summed E-state index contributed by atoms with van der Waals surface area (Å²) in [5.41, 5.74) is 0.385. The van der Waals surface area contributed by atoms with Crippen LogP contribution >= 0.6 is 24.0 Å². The van der Waals surface area contributed by atoms with Gasteiger partial charge >= 0.3 is 0 Å². The van der Waals surface area contributed by atoms with Crippen molar-refractivity contribution in [2.45, 2.75) is 27.3 Å². The fourth-order valence-electron chi connectivity index (χ4n) is 2.43. The first kappa shape index (κ1) is 26.1. The van der Waals surface area contributed by atoms with Crippen molar-refractivity contribution in [3.05, 3.63) is 17.7 Å². The maximum Gasteiger partial charge on any atom is 0.227 e. The number of carbonyl (C=O) groups is 1. The van der Waals surface area contributed by atoms with Crippen LogP contribution in [0.4, 0.5) is 0 Å². The Labute approximate surface area is 184 Å². The Morgan fingerprint density at radius 2 is 1.61 bits per heavy atom. The summed E-state index contributed by atoms with van der Waals surface area (Å²) >= 11 is 0. The number of aliphatic imine (C=N–C) groups is 1. The lowest BCUT2D eigenvalue weighted by Gasteiger charge is -2.25. The number of hydrogen-bond acceptors (Lipinski definition) is 5. The number of methoxy groups -OCH3 is 3. The van der Waals surface area contributed by atoms with Gasteiger partial charge in [-0.15, -0.1) is 24.0 Å². The molecule has 0 heterocycles. The highest BCUT2D eigenvalue weighted by atomic mass is 127. The summed E-state index contributed by atoms with van der Waals surface area (Å²) in [6.07, 6.45) is 0. The molecule has 0 aliphatic rings. The van der Waals surface area contributed by atoms with Crippen LogP contribution in [-0.4, -0.2) is 53.3 Å². The zero-order valence-corrected chi connectivity index (χ0v) is 20.1. The highest BCUT2D eigenvalue weighted by Gasteiger charge is 2.27. The molecule has 0 aliphatic heterocycles. The van der Waals surface area contributed by atoms with Crippen LogP contribution in [0.3, 0.4) is 0 Å². The van der Waals surface area contributed by atoms with E-state index >= 15 is 0 Å². The Hall–Kier alpha value is -1.91. The van der Waals surface area contributed by atoms with E-state index in [1.54, 1.807) is 28.4 Å². The summed E-state index contributed by atoms with van der Waals surface area (Å²) in [6, 6.07) is 3.75. The molecule has 0 aliphatic carbocycles. The molecule has 0 radical (unpaired) electrons. The van der Waals surface area contributed by atoms with Crippen LogP contribution < -0.4 is 30.2 Å². The van der Waals surface area contributed by atoms with E-state index < -0.39 is 5.41 Å². The molecule has 1 rings (SSSR count). The van der Waals surface area contributed by atoms with Crippen LogP contribution in [0.5, 0.6) is 17.2 Å². The topological polar surface area (TPSA) is 93.2 Å². The predicted molar refractivity (Wildman–Crippen MR) is 122 cm³/mol. The van der Waals surface area contributed by atoms with E-state index in [-0.39, 0.29) is 29.9 Å². The SMILES string of the molecule is CCNC(=O)C(C)(C)CNC(=NC)NCc1cc(OC)c(OC)c(OC)c1.I. The van der Waals surface area contributed by atoms with Crippen LogP contribution in [0.25, 0.3) is 0 Å². The van der Waals surface area contributed by atoms with E-state index in [1.165, 1.54) is 0 Å². The second-order valence-corrected chi connectivity index (χ2v) is 6.56. The standard InChI is InChI=1S/C19H32N4O4.HI/c1-8-21-17(24)19(2,3)12-23-18(20-4)22-11-13-9-14(25-5)16(27-7)15(10-13)26-6;/h9-10H,8,11-12H2,1-7H3,(H,21,24)(H2,20,22,23);1H. The summed E-state index contributed by atoms with van der Waals surface area (Å²) < 4.78 is 16.1. The van der Waals surface area contributed by atoms with Crippen molar-refractivity contribution in [3.8, 4) is 17.2 Å². The van der Waals surface area contributed by atoms with E-state index in [0.717, 1.165) is 5.56 Å². The second kappa shape index (κ2) is 12.5. The molecule has 0 spiro atoms. The second-order valence-electron chi connectivity index (χ2n) is 6.56. The summed E-state index contributed by atoms with van der Waals surface area (Å²) in [5, 5.41) is 9.26. The van der Waals surface area contributed by atoms with E-state index in [1.807, 2.05) is 32.9 Å². The van der Waals surface area contributed by atoms with Gasteiger partial charge in [-0.3, -0.25) is 9.79 Å². The van der Waals surface area contributed by atoms with Crippen LogP contribution in [0, 0.1) is 5.41 Å². The average molecular weight is 508 g/mol. The molecule has 0 bridgehead atoms. The van der Waals surface area contributed by atoms with Crippen LogP contribution in [-0.2, 0) is 11.3 Å². The molecule has 0 saturated heterocycles. The molecule has 0 saturated carbocycles. The van der Waals surface area contributed by atoms with E-state index in [4.69, 9.17) is 14.2 Å². The molecule has 1 aromatic carbocycles. The molecule has 160 valence electrons. The summed E-state index contributed by atoms with van der Waals surface area (Å²) in [7, 11) is 6.42. The molecule has 0 fully saturated rings. The van der Waals surface area contributed by atoms with Gasteiger partial charge in [-0.25, -0.2) is 0 Å². The third kappa shape index (κ3) is 7.25. The van der Waals surface area contributed by atoms with Crippen molar-refractivity contribution in [1.82, 2.24) is 16.0 Å². The van der Waals surface area contributed by atoms with Crippen molar-refractivity contribution >= 4 is 35.8 Å². The minimum absolute atomic E-state index is 0. The lowest BCUT2D eigenvalue weighted by atomic mass is 9.92. The first-order chi connectivity index (χ1) is 12.8. The molecular formula is C19H33IN4O4. The Bertz CT molecular complexity index is 640. The number of guanidine groups is 1. The lowest BCUT2D eigenvalue weighted by Crippen LogP contribution is -2.47. The van der Waals surface area contributed by atoms with Crippen molar-refractivity contribution in [1.29, 1.82) is 0 Å². The van der Waals surface area contributed by atoms with Gasteiger partial charge in [-0.05, 0) is 38.5 Å². The minimum atomic E-state index is -0.555.